The zero-order valence-corrected chi connectivity index (χ0v) is 18.9. The molecule has 1 aliphatic heterocycles. The van der Waals surface area contributed by atoms with Crippen LogP contribution in [0, 0.1) is 5.92 Å². The van der Waals surface area contributed by atoms with Crippen LogP contribution in [0.15, 0.2) is 24.3 Å². The minimum atomic E-state index is -0.174. The molecule has 1 aromatic carbocycles. The molecule has 6 nitrogen and oxygen atoms in total. The number of hydrogen-bond donors (Lipinski definition) is 1. The Balaban J connectivity index is 1.54. The molecule has 0 unspecified atom stereocenters. The standard InChI is InChI=1S/C23H33BN4O2/c1-16(29)27-13-12-21-20(15-27)22(26-28(21)14-17-6-7-17)25-19-10-8-18(9-11-19)24(5)30-23(2,3)4/h8-11,17H,6-7,12-15H2,1-5H3,(H,25,26). The zero-order chi connectivity index (χ0) is 21.5. The van der Waals surface area contributed by atoms with Crippen LogP contribution >= 0.6 is 0 Å². The second-order valence-electron chi connectivity index (χ2n) is 9.71. The fourth-order valence-electron chi connectivity index (χ4n) is 4.13. The highest BCUT2D eigenvalue weighted by Gasteiger charge is 2.29. The van der Waals surface area contributed by atoms with Gasteiger partial charge in [-0.25, -0.2) is 0 Å². The van der Waals surface area contributed by atoms with E-state index in [1.54, 1.807) is 6.92 Å². The number of hydrogen-bond acceptors (Lipinski definition) is 4. The maximum Gasteiger partial charge on any atom is 0.324 e. The van der Waals surface area contributed by atoms with Crippen molar-refractivity contribution in [2.45, 2.75) is 72.5 Å². The second kappa shape index (κ2) is 8.10. The first-order valence-electron chi connectivity index (χ1n) is 11.1. The van der Waals surface area contributed by atoms with Crippen molar-refractivity contribution >= 4 is 29.8 Å². The van der Waals surface area contributed by atoms with Crippen molar-refractivity contribution in [3.8, 4) is 0 Å². The van der Waals surface area contributed by atoms with Crippen LogP contribution in [-0.2, 0) is 29.0 Å². The van der Waals surface area contributed by atoms with Gasteiger partial charge in [-0.3, -0.25) is 9.48 Å². The molecule has 1 aromatic heterocycles. The number of carbonyl (C=O) groups is 1. The van der Waals surface area contributed by atoms with Crippen LogP contribution in [0.4, 0.5) is 11.5 Å². The molecule has 1 saturated carbocycles. The summed E-state index contributed by atoms with van der Waals surface area (Å²) < 4.78 is 8.24. The van der Waals surface area contributed by atoms with Crippen LogP contribution in [0.3, 0.4) is 0 Å². The molecule has 0 saturated heterocycles. The van der Waals surface area contributed by atoms with Gasteiger partial charge < -0.3 is 14.9 Å². The van der Waals surface area contributed by atoms with E-state index < -0.39 is 0 Å². The molecule has 2 heterocycles. The van der Waals surface area contributed by atoms with Crippen LogP contribution in [0.25, 0.3) is 0 Å². The summed E-state index contributed by atoms with van der Waals surface area (Å²) in [5.74, 6) is 1.76. The first-order valence-corrected chi connectivity index (χ1v) is 11.1. The van der Waals surface area contributed by atoms with E-state index in [-0.39, 0.29) is 18.4 Å². The molecule has 1 fully saturated rings. The van der Waals surface area contributed by atoms with Gasteiger partial charge in [-0.15, -0.1) is 0 Å². The van der Waals surface area contributed by atoms with Crippen molar-refractivity contribution in [2.24, 2.45) is 5.92 Å². The summed E-state index contributed by atoms with van der Waals surface area (Å²) in [7, 11) is 0. The molecule has 0 radical (unpaired) electrons. The fourth-order valence-corrected chi connectivity index (χ4v) is 4.13. The average molecular weight is 408 g/mol. The van der Waals surface area contributed by atoms with Crippen molar-refractivity contribution < 1.29 is 9.45 Å². The Kier molecular flexibility index (Phi) is 5.66. The number of benzene rings is 1. The Morgan fingerprint density at radius 2 is 1.97 bits per heavy atom. The van der Waals surface area contributed by atoms with E-state index >= 15 is 0 Å². The lowest BCUT2D eigenvalue weighted by molar-refractivity contribution is -0.129. The number of rotatable bonds is 6. The summed E-state index contributed by atoms with van der Waals surface area (Å²) >= 11 is 0. The van der Waals surface area contributed by atoms with E-state index in [9.17, 15) is 4.79 Å². The van der Waals surface area contributed by atoms with E-state index in [2.05, 4.69) is 61.9 Å². The molecule has 1 amide bonds. The van der Waals surface area contributed by atoms with Crippen molar-refractivity contribution in [1.29, 1.82) is 0 Å². The van der Waals surface area contributed by atoms with Gasteiger partial charge >= 0.3 is 6.92 Å². The van der Waals surface area contributed by atoms with Gasteiger partial charge in [0.05, 0.1) is 6.54 Å². The minimum absolute atomic E-state index is 0.0358. The molecular weight excluding hydrogens is 375 g/mol. The smallest absolute Gasteiger partial charge is 0.324 e. The summed E-state index contributed by atoms with van der Waals surface area (Å²) in [6.07, 6.45) is 3.47. The molecule has 7 heteroatoms. The third-order valence-electron chi connectivity index (χ3n) is 5.88. The Morgan fingerprint density at radius 3 is 2.57 bits per heavy atom. The van der Waals surface area contributed by atoms with E-state index in [4.69, 9.17) is 9.75 Å². The lowest BCUT2D eigenvalue weighted by Crippen LogP contribution is -2.37. The summed E-state index contributed by atoms with van der Waals surface area (Å²) in [6, 6.07) is 8.37. The van der Waals surface area contributed by atoms with E-state index in [1.165, 1.54) is 18.5 Å². The topological polar surface area (TPSA) is 59.4 Å². The maximum absolute atomic E-state index is 11.9. The van der Waals surface area contributed by atoms with Crippen molar-refractivity contribution in [3.63, 3.8) is 0 Å². The molecular formula is C23H33BN4O2. The number of anilines is 2. The Hall–Kier alpha value is -2.28. The molecule has 160 valence electrons. The number of fused-ring (bicyclic) bond motifs is 1. The summed E-state index contributed by atoms with van der Waals surface area (Å²) in [6.45, 7) is 12.4. The van der Waals surface area contributed by atoms with Crippen molar-refractivity contribution in [2.75, 3.05) is 11.9 Å². The average Bonchev–Trinajstić information content (AvgIpc) is 3.43. The van der Waals surface area contributed by atoms with Gasteiger partial charge in [-0.1, -0.05) is 19.0 Å². The quantitative estimate of drug-likeness (QED) is 0.743. The van der Waals surface area contributed by atoms with Gasteiger partial charge in [0.1, 0.15) is 0 Å². The SMILES string of the molecule is CB(OC(C)(C)C)c1ccc(Nc2nn(CC3CC3)c3c2CN(C(C)=O)CC3)cc1. The fraction of sp³-hybridized carbons (Fsp3) is 0.565. The Morgan fingerprint density at radius 1 is 1.27 bits per heavy atom. The van der Waals surface area contributed by atoms with Crippen LogP contribution in [-0.4, -0.2) is 39.6 Å². The third-order valence-corrected chi connectivity index (χ3v) is 5.88. The summed E-state index contributed by atoms with van der Waals surface area (Å²) in [4.78, 5) is 13.8. The lowest BCUT2D eigenvalue weighted by atomic mass is 9.63. The Bertz CT molecular complexity index is 913. The van der Waals surface area contributed by atoms with Gasteiger partial charge in [-0.05, 0) is 57.1 Å². The number of amides is 1. The first kappa shape index (κ1) is 21.0. The third kappa shape index (κ3) is 4.89. The van der Waals surface area contributed by atoms with Crippen LogP contribution in [0.2, 0.25) is 6.82 Å². The number of nitrogens with one attached hydrogen (secondary N) is 1. The van der Waals surface area contributed by atoms with Crippen LogP contribution in [0.1, 0.15) is 51.8 Å². The molecule has 0 atom stereocenters. The van der Waals surface area contributed by atoms with Gasteiger partial charge in [0.15, 0.2) is 5.82 Å². The molecule has 30 heavy (non-hydrogen) atoms. The van der Waals surface area contributed by atoms with Gasteiger partial charge in [-0.2, -0.15) is 5.10 Å². The summed E-state index contributed by atoms with van der Waals surface area (Å²) in [5.41, 5.74) is 4.42. The number of aromatic nitrogens is 2. The predicted octanol–water partition coefficient (Wildman–Crippen LogP) is 3.58. The van der Waals surface area contributed by atoms with Gasteiger partial charge in [0.25, 0.3) is 0 Å². The molecule has 4 rings (SSSR count). The van der Waals surface area contributed by atoms with Crippen LogP contribution < -0.4 is 10.8 Å². The molecule has 1 aliphatic carbocycles. The first-order chi connectivity index (χ1) is 14.2. The highest BCUT2D eigenvalue weighted by atomic mass is 16.5. The number of nitrogens with zero attached hydrogens (tertiary/aromatic N) is 3. The number of carbonyl (C=O) groups excluding carboxylic acids is 1. The monoisotopic (exact) mass is 408 g/mol. The predicted molar refractivity (Wildman–Crippen MR) is 122 cm³/mol. The van der Waals surface area contributed by atoms with E-state index in [0.717, 1.165) is 48.0 Å². The second-order valence-corrected chi connectivity index (χ2v) is 9.71. The lowest BCUT2D eigenvalue weighted by Gasteiger charge is -2.27. The Labute approximate surface area is 180 Å². The van der Waals surface area contributed by atoms with Gasteiger partial charge in [0, 0.05) is 49.0 Å². The van der Waals surface area contributed by atoms with Crippen molar-refractivity contribution in [1.82, 2.24) is 14.7 Å². The normalized spacial score (nSPS) is 16.4. The maximum atomic E-state index is 11.9. The van der Waals surface area contributed by atoms with Crippen LogP contribution in [0.5, 0.6) is 0 Å². The highest BCUT2D eigenvalue weighted by molar-refractivity contribution is 6.66. The zero-order valence-electron chi connectivity index (χ0n) is 18.9. The molecule has 0 bridgehead atoms. The van der Waals surface area contributed by atoms with E-state index in [0.29, 0.717) is 6.54 Å². The van der Waals surface area contributed by atoms with Gasteiger partial charge in [0.2, 0.25) is 5.91 Å². The minimum Gasteiger partial charge on any atom is -0.427 e. The highest BCUT2D eigenvalue weighted by Crippen LogP contribution is 2.34. The molecule has 2 aromatic rings. The van der Waals surface area contributed by atoms with Crippen molar-refractivity contribution in [3.05, 3.63) is 35.5 Å². The molecule has 2 aliphatic rings. The summed E-state index contributed by atoms with van der Waals surface area (Å²) in [5, 5.41) is 8.42. The molecule has 1 N–H and O–H groups in total. The molecule has 0 spiro atoms. The van der Waals surface area contributed by atoms with E-state index in [1.807, 2.05) is 4.90 Å². The largest absolute Gasteiger partial charge is 0.427 e.